The Kier molecular flexibility index (Phi) is 5.79. The number of nitrogens with zero attached hydrogens (tertiary/aromatic N) is 1. The van der Waals surface area contributed by atoms with E-state index in [0.29, 0.717) is 6.54 Å². The molecule has 0 fully saturated rings. The van der Waals surface area contributed by atoms with Crippen LogP contribution < -0.4 is 0 Å². The topological polar surface area (TPSA) is 46.6 Å². The molecule has 0 aliphatic rings. The van der Waals surface area contributed by atoms with Crippen LogP contribution in [0.5, 0.6) is 0 Å². The van der Waals surface area contributed by atoms with Crippen molar-refractivity contribution >= 4 is 11.9 Å². The van der Waals surface area contributed by atoms with Crippen LogP contribution in [-0.2, 0) is 20.9 Å². The molecule has 1 atom stereocenters. The molecular weight excluding hydrogens is 242 g/mol. The molecule has 1 rings (SSSR count). The van der Waals surface area contributed by atoms with E-state index in [1.54, 1.807) is 11.9 Å². The second-order valence-electron chi connectivity index (χ2n) is 4.32. The lowest BCUT2D eigenvalue weighted by Gasteiger charge is -2.20. The van der Waals surface area contributed by atoms with Crippen LogP contribution in [0.2, 0.25) is 0 Å². The van der Waals surface area contributed by atoms with Gasteiger partial charge in [-0.1, -0.05) is 43.0 Å². The molecule has 1 amide bonds. The van der Waals surface area contributed by atoms with Crippen molar-refractivity contribution in [2.75, 3.05) is 7.05 Å². The van der Waals surface area contributed by atoms with Crippen LogP contribution in [-0.4, -0.2) is 29.9 Å². The largest absolute Gasteiger partial charge is 0.458 e. The summed E-state index contributed by atoms with van der Waals surface area (Å²) >= 11 is 0. The van der Waals surface area contributed by atoms with Gasteiger partial charge >= 0.3 is 5.97 Å². The Morgan fingerprint density at radius 1 is 1.37 bits per heavy atom. The van der Waals surface area contributed by atoms with E-state index in [1.165, 1.54) is 13.0 Å². The minimum absolute atomic E-state index is 0.0880. The molecule has 0 bridgehead atoms. The van der Waals surface area contributed by atoms with Crippen molar-refractivity contribution in [3.8, 4) is 0 Å². The van der Waals surface area contributed by atoms with Gasteiger partial charge < -0.3 is 9.64 Å². The number of amides is 1. The molecule has 0 spiro atoms. The first-order valence-electron chi connectivity index (χ1n) is 6.10. The Bertz CT molecular complexity index is 442. The first-order valence-corrected chi connectivity index (χ1v) is 6.10. The number of benzene rings is 1. The van der Waals surface area contributed by atoms with Crippen molar-refractivity contribution in [3.63, 3.8) is 0 Å². The van der Waals surface area contributed by atoms with Crippen LogP contribution in [0, 0.1) is 0 Å². The highest BCUT2D eigenvalue weighted by molar-refractivity contribution is 5.77. The van der Waals surface area contributed by atoms with Gasteiger partial charge in [0.05, 0.1) is 6.42 Å². The second kappa shape index (κ2) is 7.36. The molecule has 0 unspecified atom stereocenters. The highest BCUT2D eigenvalue weighted by atomic mass is 16.5. The summed E-state index contributed by atoms with van der Waals surface area (Å²) in [6.45, 7) is 5.41. The number of rotatable bonds is 6. The Labute approximate surface area is 113 Å². The minimum Gasteiger partial charge on any atom is -0.458 e. The fraction of sp³-hybridized carbons (Fsp3) is 0.333. The predicted octanol–water partition coefficient (Wildman–Crippen LogP) is 2.15. The predicted molar refractivity (Wildman–Crippen MR) is 73.3 cm³/mol. The van der Waals surface area contributed by atoms with E-state index in [4.69, 9.17) is 4.74 Å². The monoisotopic (exact) mass is 261 g/mol. The molecule has 0 saturated heterocycles. The number of carbonyl (C=O) groups is 2. The van der Waals surface area contributed by atoms with Gasteiger partial charge in [0.25, 0.3) is 0 Å². The molecule has 0 radical (unpaired) electrons. The zero-order chi connectivity index (χ0) is 14.3. The quantitative estimate of drug-likeness (QED) is 0.582. The number of esters is 1. The van der Waals surface area contributed by atoms with Crippen molar-refractivity contribution in [3.05, 3.63) is 48.6 Å². The van der Waals surface area contributed by atoms with E-state index >= 15 is 0 Å². The smallest absolute Gasteiger partial charge is 0.303 e. The maximum atomic E-state index is 12.0. The number of hydrogen-bond acceptors (Lipinski definition) is 3. The van der Waals surface area contributed by atoms with Crippen molar-refractivity contribution in [1.29, 1.82) is 0 Å². The first-order chi connectivity index (χ1) is 9.02. The Morgan fingerprint density at radius 2 is 2.00 bits per heavy atom. The van der Waals surface area contributed by atoms with E-state index in [2.05, 4.69) is 6.58 Å². The number of carbonyl (C=O) groups excluding carboxylic acids is 2. The normalized spacial score (nSPS) is 11.5. The Morgan fingerprint density at radius 3 is 2.53 bits per heavy atom. The average molecular weight is 261 g/mol. The lowest BCUT2D eigenvalue weighted by molar-refractivity contribution is -0.146. The summed E-state index contributed by atoms with van der Waals surface area (Å²) in [5.41, 5.74) is 1.06. The van der Waals surface area contributed by atoms with Gasteiger partial charge in [-0.05, 0) is 5.56 Å². The molecular formula is C15H19NO3. The highest BCUT2D eigenvalue weighted by Gasteiger charge is 2.16. The molecule has 0 N–H and O–H groups in total. The summed E-state index contributed by atoms with van der Waals surface area (Å²) in [6.07, 6.45) is 1.02. The van der Waals surface area contributed by atoms with Gasteiger partial charge in [0, 0.05) is 20.5 Å². The Hall–Kier alpha value is -2.10. The second-order valence-corrected chi connectivity index (χ2v) is 4.32. The lowest BCUT2D eigenvalue weighted by atomic mass is 10.2. The third-order valence-electron chi connectivity index (χ3n) is 2.64. The average Bonchev–Trinajstić information content (AvgIpc) is 2.38. The summed E-state index contributed by atoms with van der Waals surface area (Å²) in [4.78, 5) is 24.5. The van der Waals surface area contributed by atoms with E-state index in [1.807, 2.05) is 30.3 Å². The molecule has 0 aromatic heterocycles. The van der Waals surface area contributed by atoms with Crippen molar-refractivity contribution in [1.82, 2.24) is 4.90 Å². The first kappa shape index (κ1) is 15.0. The minimum atomic E-state index is -0.566. The Balaban J connectivity index is 2.52. The van der Waals surface area contributed by atoms with Gasteiger partial charge in [0.2, 0.25) is 5.91 Å². The van der Waals surface area contributed by atoms with Gasteiger partial charge in [-0.2, -0.15) is 0 Å². The van der Waals surface area contributed by atoms with Crippen LogP contribution in [0.3, 0.4) is 0 Å². The molecule has 4 heteroatoms. The molecule has 0 heterocycles. The third-order valence-corrected chi connectivity index (χ3v) is 2.64. The van der Waals surface area contributed by atoms with E-state index in [9.17, 15) is 9.59 Å². The zero-order valence-electron chi connectivity index (χ0n) is 11.3. The lowest BCUT2D eigenvalue weighted by Crippen LogP contribution is -2.30. The molecule has 102 valence electrons. The van der Waals surface area contributed by atoms with Crippen LogP contribution in [0.4, 0.5) is 0 Å². The van der Waals surface area contributed by atoms with Crippen LogP contribution >= 0.6 is 0 Å². The highest BCUT2D eigenvalue weighted by Crippen LogP contribution is 2.07. The van der Waals surface area contributed by atoms with E-state index < -0.39 is 12.1 Å². The molecule has 0 saturated carbocycles. The van der Waals surface area contributed by atoms with Crippen LogP contribution in [0.1, 0.15) is 18.9 Å². The summed E-state index contributed by atoms with van der Waals surface area (Å²) in [5.74, 6) is -0.501. The number of hydrogen-bond donors (Lipinski definition) is 0. The van der Waals surface area contributed by atoms with Gasteiger partial charge in [-0.25, -0.2) is 0 Å². The maximum absolute atomic E-state index is 12.0. The van der Waals surface area contributed by atoms with E-state index in [0.717, 1.165) is 5.56 Å². The maximum Gasteiger partial charge on any atom is 0.303 e. The molecule has 0 aliphatic carbocycles. The number of ether oxygens (including phenoxy) is 1. The summed E-state index contributed by atoms with van der Waals surface area (Å²) < 4.78 is 4.97. The van der Waals surface area contributed by atoms with Crippen molar-refractivity contribution < 1.29 is 14.3 Å². The molecule has 1 aromatic rings. The molecule has 4 nitrogen and oxygen atoms in total. The summed E-state index contributed by atoms with van der Waals surface area (Å²) in [5, 5.41) is 0. The SMILES string of the molecule is C=C[C@H](CC(=O)N(C)Cc1ccccc1)OC(C)=O. The summed E-state index contributed by atoms with van der Waals surface area (Å²) in [6, 6.07) is 9.71. The van der Waals surface area contributed by atoms with E-state index in [-0.39, 0.29) is 12.3 Å². The fourth-order valence-electron chi connectivity index (χ4n) is 1.66. The van der Waals surface area contributed by atoms with Gasteiger partial charge in [0.15, 0.2) is 0 Å². The standard InChI is InChI=1S/C15H19NO3/c1-4-14(19-12(2)17)10-15(18)16(3)11-13-8-6-5-7-9-13/h4-9,14H,1,10-11H2,2-3H3/t14-/m1/s1. The van der Waals surface area contributed by atoms with Crippen LogP contribution in [0.15, 0.2) is 43.0 Å². The zero-order valence-corrected chi connectivity index (χ0v) is 11.3. The fourth-order valence-corrected chi connectivity index (χ4v) is 1.66. The van der Waals surface area contributed by atoms with Gasteiger partial charge in [0.1, 0.15) is 6.10 Å². The molecule has 0 aliphatic heterocycles. The molecule has 19 heavy (non-hydrogen) atoms. The van der Waals surface area contributed by atoms with Crippen LogP contribution in [0.25, 0.3) is 0 Å². The summed E-state index contributed by atoms with van der Waals surface area (Å²) in [7, 11) is 1.73. The van der Waals surface area contributed by atoms with Gasteiger partial charge in [-0.3, -0.25) is 9.59 Å². The van der Waals surface area contributed by atoms with Crippen molar-refractivity contribution in [2.24, 2.45) is 0 Å². The van der Waals surface area contributed by atoms with Gasteiger partial charge in [-0.15, -0.1) is 0 Å². The third kappa shape index (κ3) is 5.38. The van der Waals surface area contributed by atoms with Crippen molar-refractivity contribution in [2.45, 2.75) is 26.0 Å². The molecule has 1 aromatic carbocycles.